The molecule has 122 valence electrons. The molecule has 1 heterocycles. The number of aliphatic carboxylic acids is 1. The number of carbonyl (C=O) groups is 2. The van der Waals surface area contributed by atoms with E-state index in [1.165, 1.54) is 0 Å². The molecule has 2 N–H and O–H groups in total. The zero-order chi connectivity index (χ0) is 16.4. The van der Waals surface area contributed by atoms with E-state index >= 15 is 0 Å². The smallest absolute Gasteiger partial charge is 0.310 e. The van der Waals surface area contributed by atoms with Gasteiger partial charge >= 0.3 is 5.97 Å². The van der Waals surface area contributed by atoms with Crippen LogP contribution in [0, 0.1) is 5.41 Å². The topological polar surface area (TPSA) is 79.5 Å². The van der Waals surface area contributed by atoms with E-state index in [9.17, 15) is 14.7 Å². The average molecular weight is 315 g/mol. The molecule has 1 aromatic carbocycles. The van der Waals surface area contributed by atoms with Gasteiger partial charge in [0.05, 0.1) is 11.5 Å². The number of hydrogen-bond donors (Lipinski definition) is 2. The minimum Gasteiger partial charge on any atom is -0.481 e. The summed E-state index contributed by atoms with van der Waals surface area (Å²) in [7, 11) is 0. The molecule has 0 bridgehead atoms. The van der Waals surface area contributed by atoms with E-state index in [2.05, 4.69) is 5.32 Å². The number of amides is 1. The molecule has 1 saturated carbocycles. The second-order valence-corrected chi connectivity index (χ2v) is 6.45. The lowest BCUT2D eigenvalue weighted by Gasteiger charge is -2.23. The SMILES string of the molecule is CC(NC(=O)CC1(C(=O)O)CCCC1)c1cc2ccccc2o1. The lowest BCUT2D eigenvalue weighted by atomic mass is 9.82. The normalized spacial score (nSPS) is 18.0. The van der Waals surface area contributed by atoms with Gasteiger partial charge in [-0.15, -0.1) is 0 Å². The molecule has 0 saturated heterocycles. The number of rotatable bonds is 5. The summed E-state index contributed by atoms with van der Waals surface area (Å²) in [5, 5.41) is 13.3. The maximum atomic E-state index is 12.3. The van der Waals surface area contributed by atoms with E-state index in [-0.39, 0.29) is 18.4 Å². The van der Waals surface area contributed by atoms with Crippen molar-refractivity contribution >= 4 is 22.8 Å². The number of carboxylic acids is 1. The fraction of sp³-hybridized carbons (Fsp3) is 0.444. The van der Waals surface area contributed by atoms with E-state index < -0.39 is 11.4 Å². The van der Waals surface area contributed by atoms with Gasteiger partial charge in [0.1, 0.15) is 11.3 Å². The quantitative estimate of drug-likeness (QED) is 0.882. The number of para-hydroxylation sites is 1. The molecule has 5 nitrogen and oxygen atoms in total. The average Bonchev–Trinajstić information content (AvgIpc) is 3.13. The molecular formula is C18H21NO4. The van der Waals surface area contributed by atoms with E-state index in [1.54, 1.807) is 0 Å². The summed E-state index contributed by atoms with van der Waals surface area (Å²) in [6.45, 7) is 1.84. The highest BCUT2D eigenvalue weighted by atomic mass is 16.4. The molecule has 1 unspecified atom stereocenters. The molecule has 1 atom stereocenters. The van der Waals surface area contributed by atoms with Crippen LogP contribution in [0.4, 0.5) is 0 Å². The Morgan fingerprint density at radius 3 is 2.65 bits per heavy atom. The van der Waals surface area contributed by atoms with Gasteiger partial charge in [-0.2, -0.15) is 0 Å². The predicted molar refractivity (Wildman–Crippen MR) is 85.9 cm³/mol. The van der Waals surface area contributed by atoms with E-state index in [1.807, 2.05) is 37.3 Å². The van der Waals surface area contributed by atoms with Gasteiger partial charge in [0.15, 0.2) is 0 Å². The monoisotopic (exact) mass is 315 g/mol. The van der Waals surface area contributed by atoms with Crippen molar-refractivity contribution in [2.24, 2.45) is 5.41 Å². The largest absolute Gasteiger partial charge is 0.481 e. The number of furan rings is 1. The fourth-order valence-corrected chi connectivity index (χ4v) is 3.40. The summed E-state index contributed by atoms with van der Waals surface area (Å²) in [5.74, 6) is -0.417. The van der Waals surface area contributed by atoms with E-state index in [4.69, 9.17) is 4.42 Å². The van der Waals surface area contributed by atoms with Crippen molar-refractivity contribution in [3.05, 3.63) is 36.1 Å². The number of benzene rings is 1. The number of hydrogen-bond acceptors (Lipinski definition) is 3. The van der Waals surface area contributed by atoms with Gasteiger partial charge in [-0.05, 0) is 31.9 Å². The Morgan fingerprint density at radius 2 is 2.00 bits per heavy atom. The van der Waals surface area contributed by atoms with Crippen LogP contribution in [-0.4, -0.2) is 17.0 Å². The minimum absolute atomic E-state index is 0.0346. The molecule has 1 aliphatic carbocycles. The summed E-state index contributed by atoms with van der Waals surface area (Å²) in [4.78, 5) is 23.8. The Balaban J connectivity index is 1.68. The van der Waals surface area contributed by atoms with E-state index in [0.717, 1.165) is 23.8 Å². The van der Waals surface area contributed by atoms with Gasteiger partial charge in [-0.25, -0.2) is 0 Å². The highest BCUT2D eigenvalue weighted by Gasteiger charge is 2.43. The van der Waals surface area contributed by atoms with E-state index in [0.29, 0.717) is 18.6 Å². The Labute approximate surface area is 134 Å². The van der Waals surface area contributed by atoms with Crippen LogP contribution >= 0.6 is 0 Å². The number of carbonyl (C=O) groups excluding carboxylic acids is 1. The maximum Gasteiger partial charge on any atom is 0.310 e. The van der Waals surface area contributed by atoms with Crippen LogP contribution < -0.4 is 5.32 Å². The first kappa shape index (κ1) is 15.6. The van der Waals surface area contributed by atoms with Crippen LogP contribution in [0.5, 0.6) is 0 Å². The molecule has 2 aromatic rings. The van der Waals surface area contributed by atoms with Gasteiger partial charge in [-0.1, -0.05) is 31.0 Å². The fourth-order valence-electron chi connectivity index (χ4n) is 3.40. The molecule has 1 aliphatic rings. The van der Waals surface area contributed by atoms with Gasteiger partial charge in [-0.3, -0.25) is 9.59 Å². The van der Waals surface area contributed by atoms with Crippen molar-refractivity contribution in [3.63, 3.8) is 0 Å². The standard InChI is InChI=1S/C18H21NO4/c1-12(15-10-13-6-2-3-7-14(13)23-15)19-16(20)11-18(17(21)22)8-4-5-9-18/h2-3,6-7,10,12H,4-5,8-9,11H2,1H3,(H,19,20)(H,21,22). The van der Waals surface area contributed by atoms with Crippen LogP contribution in [0.25, 0.3) is 11.0 Å². The second-order valence-electron chi connectivity index (χ2n) is 6.45. The first-order valence-corrected chi connectivity index (χ1v) is 8.01. The molecule has 23 heavy (non-hydrogen) atoms. The molecule has 5 heteroatoms. The van der Waals surface area contributed by atoms with Crippen LogP contribution in [0.1, 0.15) is 50.8 Å². The van der Waals surface area contributed by atoms with Gasteiger partial charge in [0.25, 0.3) is 0 Å². The molecular weight excluding hydrogens is 294 g/mol. The number of fused-ring (bicyclic) bond motifs is 1. The Kier molecular flexibility index (Phi) is 4.11. The maximum absolute atomic E-state index is 12.3. The molecule has 3 rings (SSSR count). The Bertz CT molecular complexity index is 694. The molecule has 1 aromatic heterocycles. The molecule has 1 amide bonds. The summed E-state index contributed by atoms with van der Waals surface area (Å²) in [6, 6.07) is 9.28. The number of nitrogens with one attached hydrogen (secondary N) is 1. The lowest BCUT2D eigenvalue weighted by Crippen LogP contribution is -2.36. The van der Waals surface area contributed by atoms with Crippen LogP contribution in [0.2, 0.25) is 0 Å². The first-order valence-electron chi connectivity index (χ1n) is 8.01. The highest BCUT2D eigenvalue weighted by molar-refractivity contribution is 5.85. The third kappa shape index (κ3) is 3.09. The second kappa shape index (κ2) is 6.07. The minimum atomic E-state index is -0.891. The number of carboxylic acid groups (broad SMARTS) is 1. The zero-order valence-corrected chi connectivity index (χ0v) is 13.2. The molecule has 0 aliphatic heterocycles. The summed E-state index contributed by atoms with van der Waals surface area (Å²) in [5.41, 5.74) is -0.112. The lowest BCUT2D eigenvalue weighted by molar-refractivity contribution is -0.151. The van der Waals surface area contributed by atoms with Crippen LogP contribution in [-0.2, 0) is 9.59 Å². The van der Waals surface area contributed by atoms with Crippen molar-refractivity contribution in [1.82, 2.24) is 5.32 Å². The van der Waals surface area contributed by atoms with Crippen molar-refractivity contribution in [2.75, 3.05) is 0 Å². The van der Waals surface area contributed by atoms with Crippen molar-refractivity contribution in [2.45, 2.75) is 45.1 Å². The first-order chi connectivity index (χ1) is 11.0. The third-order valence-electron chi connectivity index (χ3n) is 4.76. The summed E-state index contributed by atoms with van der Waals surface area (Å²) >= 11 is 0. The van der Waals surface area contributed by atoms with Gasteiger partial charge < -0.3 is 14.8 Å². The van der Waals surface area contributed by atoms with Crippen molar-refractivity contribution < 1.29 is 19.1 Å². The highest BCUT2D eigenvalue weighted by Crippen LogP contribution is 2.41. The van der Waals surface area contributed by atoms with Crippen LogP contribution in [0.15, 0.2) is 34.7 Å². The van der Waals surface area contributed by atoms with Gasteiger partial charge in [0, 0.05) is 11.8 Å². The summed E-state index contributed by atoms with van der Waals surface area (Å²) in [6.07, 6.45) is 2.94. The zero-order valence-electron chi connectivity index (χ0n) is 13.2. The molecule has 0 spiro atoms. The Morgan fingerprint density at radius 1 is 1.30 bits per heavy atom. The van der Waals surface area contributed by atoms with Crippen molar-refractivity contribution in [1.29, 1.82) is 0 Å². The van der Waals surface area contributed by atoms with Crippen LogP contribution in [0.3, 0.4) is 0 Å². The Hall–Kier alpha value is -2.30. The summed E-state index contributed by atoms with van der Waals surface area (Å²) < 4.78 is 5.74. The molecule has 1 fully saturated rings. The third-order valence-corrected chi connectivity index (χ3v) is 4.76. The predicted octanol–water partition coefficient (Wildman–Crippen LogP) is 3.65. The molecule has 0 radical (unpaired) electrons. The van der Waals surface area contributed by atoms with Crippen molar-refractivity contribution in [3.8, 4) is 0 Å². The van der Waals surface area contributed by atoms with Gasteiger partial charge in [0.2, 0.25) is 5.91 Å².